The van der Waals surface area contributed by atoms with Crippen LogP contribution in [0.4, 0.5) is 4.79 Å². The van der Waals surface area contributed by atoms with Gasteiger partial charge in [-0.25, -0.2) is 4.79 Å². The molecule has 114 valence electrons. The summed E-state index contributed by atoms with van der Waals surface area (Å²) in [6, 6.07) is 10.2. The average molecular weight is 307 g/mol. The molecule has 6 rings (SSSR count). The molecule has 0 N–H and O–H groups in total. The molecule has 3 aliphatic heterocycles. The third-order valence-electron chi connectivity index (χ3n) is 5.33. The van der Waals surface area contributed by atoms with Gasteiger partial charge < -0.3 is 14.2 Å². The Labute approximate surface area is 132 Å². The van der Waals surface area contributed by atoms with E-state index in [1.54, 1.807) is 0 Å². The Morgan fingerprint density at radius 1 is 1.17 bits per heavy atom. The highest BCUT2D eigenvalue weighted by Gasteiger charge is 2.51. The molecule has 1 fully saturated rings. The third kappa shape index (κ3) is 1.28. The standard InChI is InChI=1S/C18H13NO4/c20-18-19-6-5-9-7-12-17(22-8-21-12)14-10-3-1-2-4-11(10)16(23-18)15(19)13(9)14/h1-4,7,15-16H,5-6,8H2/t15-,16-/m0/s1. The number of hydrogen-bond donors (Lipinski definition) is 0. The molecular formula is C18H13NO4. The molecule has 3 heterocycles. The molecule has 0 spiro atoms. The van der Waals surface area contributed by atoms with Gasteiger partial charge in [0.2, 0.25) is 6.79 Å². The topological polar surface area (TPSA) is 48.0 Å². The Balaban J connectivity index is 1.76. The smallest absolute Gasteiger partial charge is 0.411 e. The lowest BCUT2D eigenvalue weighted by Crippen LogP contribution is -2.36. The van der Waals surface area contributed by atoms with E-state index in [4.69, 9.17) is 14.2 Å². The van der Waals surface area contributed by atoms with E-state index in [-0.39, 0.29) is 25.0 Å². The first-order valence-electron chi connectivity index (χ1n) is 7.85. The number of nitrogens with zero attached hydrogens (tertiary/aromatic N) is 1. The van der Waals surface area contributed by atoms with Crippen molar-refractivity contribution in [2.24, 2.45) is 0 Å². The van der Waals surface area contributed by atoms with E-state index in [2.05, 4.69) is 12.1 Å². The van der Waals surface area contributed by atoms with Crippen LogP contribution in [0.1, 0.15) is 28.8 Å². The molecule has 5 nitrogen and oxygen atoms in total. The van der Waals surface area contributed by atoms with Crippen molar-refractivity contribution in [2.45, 2.75) is 18.6 Å². The van der Waals surface area contributed by atoms with E-state index in [0.717, 1.165) is 34.6 Å². The number of carbonyl (C=O) groups is 1. The number of rotatable bonds is 0. The first-order chi connectivity index (χ1) is 11.3. The first kappa shape index (κ1) is 11.8. The van der Waals surface area contributed by atoms with Gasteiger partial charge in [0.25, 0.3) is 0 Å². The molecule has 4 aliphatic rings. The fraction of sp³-hybridized carbons (Fsp3) is 0.278. The minimum absolute atomic E-state index is 0.0503. The molecule has 1 aliphatic carbocycles. The number of hydrogen-bond acceptors (Lipinski definition) is 4. The normalized spacial score (nSPS) is 25.0. The molecule has 1 saturated heterocycles. The Kier molecular flexibility index (Phi) is 1.95. The molecule has 0 unspecified atom stereocenters. The molecule has 1 amide bonds. The molecule has 2 aromatic rings. The van der Waals surface area contributed by atoms with E-state index < -0.39 is 0 Å². The Hall–Kier alpha value is -2.69. The van der Waals surface area contributed by atoms with Crippen LogP contribution < -0.4 is 9.47 Å². The summed E-state index contributed by atoms with van der Waals surface area (Å²) in [4.78, 5) is 14.2. The maximum Gasteiger partial charge on any atom is 0.411 e. The highest BCUT2D eigenvalue weighted by Crippen LogP contribution is 2.59. The van der Waals surface area contributed by atoms with Crippen LogP contribution in [0.2, 0.25) is 0 Å². The van der Waals surface area contributed by atoms with Crippen LogP contribution in [0.15, 0.2) is 30.3 Å². The predicted octanol–water partition coefficient (Wildman–Crippen LogP) is 3.19. The summed E-state index contributed by atoms with van der Waals surface area (Å²) < 4.78 is 17.1. The number of ether oxygens (including phenoxy) is 3. The highest BCUT2D eigenvalue weighted by molar-refractivity contribution is 5.87. The van der Waals surface area contributed by atoms with Crippen LogP contribution in [0.5, 0.6) is 11.5 Å². The Bertz CT molecular complexity index is 891. The SMILES string of the molecule is O=C1O[C@H]2c3ccccc3-c3c4c(cc5c3[C@@H]2N1CC5)OCO4. The zero-order valence-electron chi connectivity index (χ0n) is 12.2. The van der Waals surface area contributed by atoms with Gasteiger partial charge in [-0.15, -0.1) is 0 Å². The van der Waals surface area contributed by atoms with Gasteiger partial charge in [-0.05, 0) is 29.2 Å². The molecule has 0 aromatic heterocycles. The van der Waals surface area contributed by atoms with Gasteiger partial charge in [-0.3, -0.25) is 4.90 Å². The monoisotopic (exact) mass is 307 g/mol. The second-order valence-corrected chi connectivity index (χ2v) is 6.34. The van der Waals surface area contributed by atoms with Crippen LogP contribution in [0.25, 0.3) is 11.1 Å². The van der Waals surface area contributed by atoms with E-state index in [0.29, 0.717) is 6.54 Å². The number of carbonyl (C=O) groups excluding carboxylic acids is 1. The Morgan fingerprint density at radius 3 is 3.04 bits per heavy atom. The summed E-state index contributed by atoms with van der Waals surface area (Å²) in [7, 11) is 0. The fourth-order valence-electron chi connectivity index (χ4n) is 4.42. The predicted molar refractivity (Wildman–Crippen MR) is 80.4 cm³/mol. The van der Waals surface area contributed by atoms with Gasteiger partial charge in [0.1, 0.15) is 6.04 Å². The zero-order chi connectivity index (χ0) is 15.1. The van der Waals surface area contributed by atoms with Gasteiger partial charge in [0.15, 0.2) is 17.6 Å². The highest BCUT2D eigenvalue weighted by atomic mass is 16.7. The lowest BCUT2D eigenvalue weighted by atomic mass is 9.75. The lowest BCUT2D eigenvalue weighted by molar-refractivity contribution is 0.130. The first-order valence-corrected chi connectivity index (χ1v) is 7.85. The summed E-state index contributed by atoms with van der Waals surface area (Å²) in [5, 5.41) is 0. The summed E-state index contributed by atoms with van der Waals surface area (Å²) >= 11 is 0. The van der Waals surface area contributed by atoms with Crippen molar-refractivity contribution in [1.82, 2.24) is 4.90 Å². The van der Waals surface area contributed by atoms with E-state index >= 15 is 0 Å². The average Bonchev–Trinajstić information content (AvgIpc) is 3.17. The summed E-state index contributed by atoms with van der Waals surface area (Å²) in [5.74, 6) is 1.61. The van der Waals surface area contributed by atoms with Crippen molar-refractivity contribution in [3.05, 3.63) is 47.0 Å². The molecule has 23 heavy (non-hydrogen) atoms. The zero-order valence-corrected chi connectivity index (χ0v) is 12.2. The molecular weight excluding hydrogens is 294 g/mol. The maximum absolute atomic E-state index is 12.3. The maximum atomic E-state index is 12.3. The minimum atomic E-state index is -0.231. The summed E-state index contributed by atoms with van der Waals surface area (Å²) in [6.45, 7) is 0.939. The van der Waals surface area contributed by atoms with Crippen molar-refractivity contribution in [3.8, 4) is 22.6 Å². The van der Waals surface area contributed by atoms with Crippen LogP contribution in [-0.4, -0.2) is 24.3 Å². The van der Waals surface area contributed by atoms with Crippen molar-refractivity contribution >= 4 is 6.09 Å². The second-order valence-electron chi connectivity index (χ2n) is 6.34. The van der Waals surface area contributed by atoms with E-state index in [1.807, 2.05) is 23.1 Å². The third-order valence-corrected chi connectivity index (χ3v) is 5.33. The number of fused-ring (bicyclic) bond motifs is 5. The largest absolute Gasteiger partial charge is 0.454 e. The molecule has 5 heteroatoms. The van der Waals surface area contributed by atoms with Gasteiger partial charge in [0, 0.05) is 17.7 Å². The summed E-state index contributed by atoms with van der Waals surface area (Å²) in [6.07, 6.45) is 0.371. The second kappa shape index (κ2) is 3.79. The van der Waals surface area contributed by atoms with Gasteiger partial charge in [-0.2, -0.15) is 0 Å². The molecule has 0 saturated carbocycles. The minimum Gasteiger partial charge on any atom is -0.454 e. The Morgan fingerprint density at radius 2 is 2.09 bits per heavy atom. The number of benzene rings is 2. The number of amides is 1. The van der Waals surface area contributed by atoms with E-state index in [1.165, 1.54) is 11.1 Å². The van der Waals surface area contributed by atoms with Gasteiger partial charge in [0.05, 0.1) is 0 Å². The van der Waals surface area contributed by atoms with Crippen molar-refractivity contribution < 1.29 is 19.0 Å². The van der Waals surface area contributed by atoms with Crippen LogP contribution in [0, 0.1) is 0 Å². The van der Waals surface area contributed by atoms with Crippen LogP contribution in [0.3, 0.4) is 0 Å². The molecule has 2 atom stereocenters. The van der Waals surface area contributed by atoms with Crippen LogP contribution in [-0.2, 0) is 11.2 Å². The quantitative estimate of drug-likeness (QED) is 0.750. The van der Waals surface area contributed by atoms with Crippen molar-refractivity contribution in [1.29, 1.82) is 0 Å². The van der Waals surface area contributed by atoms with Gasteiger partial charge >= 0.3 is 6.09 Å². The van der Waals surface area contributed by atoms with Crippen molar-refractivity contribution in [3.63, 3.8) is 0 Å². The van der Waals surface area contributed by atoms with Crippen molar-refractivity contribution in [2.75, 3.05) is 13.3 Å². The summed E-state index contributed by atoms with van der Waals surface area (Å²) in [5.41, 5.74) is 5.63. The lowest BCUT2D eigenvalue weighted by Gasteiger charge is -2.37. The van der Waals surface area contributed by atoms with E-state index in [9.17, 15) is 4.79 Å². The molecule has 0 radical (unpaired) electrons. The van der Waals surface area contributed by atoms with Crippen LogP contribution >= 0.6 is 0 Å². The fourth-order valence-corrected chi connectivity index (χ4v) is 4.42. The molecule has 0 bridgehead atoms. The molecule has 2 aromatic carbocycles. The van der Waals surface area contributed by atoms with Gasteiger partial charge in [-0.1, -0.05) is 24.3 Å².